The van der Waals surface area contributed by atoms with E-state index >= 15 is 0 Å². The van der Waals surface area contributed by atoms with Crippen molar-refractivity contribution in [3.05, 3.63) is 29.3 Å². The van der Waals surface area contributed by atoms with Crippen LogP contribution in [-0.2, 0) is 23.1 Å². The molecule has 0 aromatic heterocycles. The molecule has 20 heavy (non-hydrogen) atoms. The van der Waals surface area contributed by atoms with Crippen molar-refractivity contribution in [2.75, 3.05) is 0 Å². The first-order chi connectivity index (χ1) is 9.46. The second kappa shape index (κ2) is 5.84. The highest BCUT2D eigenvalue weighted by molar-refractivity contribution is 7.89. The molecule has 0 saturated heterocycles. The van der Waals surface area contributed by atoms with Gasteiger partial charge in [-0.3, -0.25) is 0 Å². The largest absolute Gasteiger partial charge is 0.392 e. The Bertz CT molecular complexity index is 571. The molecule has 1 aromatic rings. The monoisotopic (exact) mass is 297 g/mol. The van der Waals surface area contributed by atoms with Crippen molar-refractivity contribution in [3.8, 4) is 0 Å². The van der Waals surface area contributed by atoms with E-state index in [1.54, 1.807) is 18.2 Å². The third-order valence-electron chi connectivity index (χ3n) is 4.38. The van der Waals surface area contributed by atoms with Crippen LogP contribution in [0.1, 0.15) is 50.7 Å². The zero-order chi connectivity index (χ0) is 14.8. The van der Waals surface area contributed by atoms with Crippen LogP contribution in [0.4, 0.5) is 0 Å². The van der Waals surface area contributed by atoms with Crippen LogP contribution in [-0.4, -0.2) is 19.1 Å². The van der Waals surface area contributed by atoms with Crippen LogP contribution < -0.4 is 4.72 Å². The molecule has 1 saturated carbocycles. The lowest BCUT2D eigenvalue weighted by Crippen LogP contribution is -2.52. The van der Waals surface area contributed by atoms with E-state index in [0.717, 1.165) is 37.7 Å². The molecule has 1 aromatic carbocycles. The van der Waals surface area contributed by atoms with Gasteiger partial charge in [0.2, 0.25) is 10.0 Å². The van der Waals surface area contributed by atoms with Gasteiger partial charge < -0.3 is 5.11 Å². The Morgan fingerprint density at radius 1 is 1.25 bits per heavy atom. The van der Waals surface area contributed by atoms with Gasteiger partial charge in [0.1, 0.15) is 0 Å². The Hall–Kier alpha value is -0.910. The van der Waals surface area contributed by atoms with Crippen LogP contribution in [0.3, 0.4) is 0 Å². The van der Waals surface area contributed by atoms with Crippen molar-refractivity contribution >= 4 is 10.0 Å². The molecule has 2 N–H and O–H groups in total. The molecule has 0 atom stereocenters. The number of nitrogens with one attached hydrogen (secondary N) is 1. The summed E-state index contributed by atoms with van der Waals surface area (Å²) in [5, 5.41) is 9.36. The fourth-order valence-electron chi connectivity index (χ4n) is 2.74. The highest BCUT2D eigenvalue weighted by Crippen LogP contribution is 2.36. The Balaban J connectivity index is 2.30. The van der Waals surface area contributed by atoms with Crippen molar-refractivity contribution in [1.29, 1.82) is 0 Å². The van der Waals surface area contributed by atoms with Crippen molar-refractivity contribution in [2.45, 2.75) is 63.0 Å². The van der Waals surface area contributed by atoms with E-state index in [2.05, 4.69) is 4.72 Å². The normalized spacial score (nSPS) is 17.8. The number of aliphatic hydroxyl groups is 1. The zero-order valence-corrected chi connectivity index (χ0v) is 13.0. The quantitative estimate of drug-likeness (QED) is 0.847. The van der Waals surface area contributed by atoms with Crippen LogP contribution in [0.5, 0.6) is 0 Å². The van der Waals surface area contributed by atoms with E-state index in [1.807, 2.05) is 13.8 Å². The molecule has 1 aliphatic carbocycles. The first-order valence-electron chi connectivity index (χ1n) is 7.23. The molecule has 0 amide bonds. The molecule has 4 nitrogen and oxygen atoms in total. The minimum atomic E-state index is -3.51. The Labute approximate surface area is 121 Å². The van der Waals surface area contributed by atoms with Crippen molar-refractivity contribution in [2.24, 2.45) is 0 Å². The number of hydrogen-bond acceptors (Lipinski definition) is 3. The van der Waals surface area contributed by atoms with Gasteiger partial charge in [0.15, 0.2) is 0 Å². The third-order valence-corrected chi connectivity index (χ3v) is 5.95. The standard InChI is InChI=1S/C15H23NO3S/c1-3-12-6-7-14(10-13(12)11-17)20(18,19)16-15(4-2)8-5-9-15/h6-7,10,16-17H,3-5,8-9,11H2,1-2H3. The summed E-state index contributed by atoms with van der Waals surface area (Å²) in [4.78, 5) is 0.249. The summed E-state index contributed by atoms with van der Waals surface area (Å²) in [6, 6.07) is 5.01. The molecule has 112 valence electrons. The lowest BCUT2D eigenvalue weighted by atomic mass is 9.76. The highest BCUT2D eigenvalue weighted by atomic mass is 32.2. The lowest BCUT2D eigenvalue weighted by molar-refractivity contribution is 0.214. The summed E-state index contributed by atoms with van der Waals surface area (Å²) in [5.41, 5.74) is 1.41. The van der Waals surface area contributed by atoms with Gasteiger partial charge >= 0.3 is 0 Å². The summed E-state index contributed by atoms with van der Waals surface area (Å²) in [5.74, 6) is 0. The average Bonchev–Trinajstić information content (AvgIpc) is 2.42. The first kappa shape index (κ1) is 15.5. The molecule has 0 aliphatic heterocycles. The molecule has 0 heterocycles. The molecule has 0 radical (unpaired) electrons. The fraction of sp³-hybridized carbons (Fsp3) is 0.600. The summed E-state index contributed by atoms with van der Waals surface area (Å²) < 4.78 is 27.8. The van der Waals surface area contributed by atoms with E-state index in [0.29, 0.717) is 5.56 Å². The maximum Gasteiger partial charge on any atom is 0.241 e. The number of aryl methyl sites for hydroxylation is 1. The Kier molecular flexibility index (Phi) is 4.52. The molecular formula is C15H23NO3S. The summed E-state index contributed by atoms with van der Waals surface area (Å²) >= 11 is 0. The number of hydrogen-bond donors (Lipinski definition) is 2. The summed E-state index contributed by atoms with van der Waals surface area (Å²) in [7, 11) is -3.51. The smallest absolute Gasteiger partial charge is 0.241 e. The molecule has 1 fully saturated rings. The third kappa shape index (κ3) is 2.90. The molecular weight excluding hydrogens is 274 g/mol. The maximum absolute atomic E-state index is 12.5. The van der Waals surface area contributed by atoms with Gasteiger partial charge in [-0.2, -0.15) is 0 Å². The van der Waals surface area contributed by atoms with Crippen LogP contribution in [0, 0.1) is 0 Å². The van der Waals surface area contributed by atoms with Crippen LogP contribution in [0.2, 0.25) is 0 Å². The van der Waals surface area contributed by atoms with Gasteiger partial charge in [-0.1, -0.05) is 19.9 Å². The molecule has 1 aliphatic rings. The number of rotatable bonds is 6. The molecule has 0 spiro atoms. The number of aliphatic hydroxyl groups excluding tert-OH is 1. The van der Waals surface area contributed by atoms with Crippen molar-refractivity contribution in [1.82, 2.24) is 4.72 Å². The fourth-order valence-corrected chi connectivity index (χ4v) is 4.32. The van der Waals surface area contributed by atoms with Gasteiger partial charge in [-0.05, 0) is 55.4 Å². The molecule has 0 unspecified atom stereocenters. The number of sulfonamides is 1. The minimum Gasteiger partial charge on any atom is -0.392 e. The first-order valence-corrected chi connectivity index (χ1v) is 8.71. The topological polar surface area (TPSA) is 66.4 Å². The van der Waals surface area contributed by atoms with E-state index in [4.69, 9.17) is 0 Å². The SMILES string of the molecule is CCc1ccc(S(=O)(=O)NC2(CC)CCC2)cc1CO. The summed E-state index contributed by atoms with van der Waals surface area (Å²) in [6.07, 6.45) is 4.48. The zero-order valence-electron chi connectivity index (χ0n) is 12.1. The van der Waals surface area contributed by atoms with Gasteiger partial charge in [-0.15, -0.1) is 0 Å². The van der Waals surface area contributed by atoms with Crippen molar-refractivity contribution in [3.63, 3.8) is 0 Å². The van der Waals surface area contributed by atoms with Crippen LogP contribution in [0.25, 0.3) is 0 Å². The van der Waals surface area contributed by atoms with Crippen LogP contribution in [0.15, 0.2) is 23.1 Å². The van der Waals surface area contributed by atoms with Gasteiger partial charge in [-0.25, -0.2) is 13.1 Å². The Morgan fingerprint density at radius 2 is 1.95 bits per heavy atom. The predicted molar refractivity (Wildman–Crippen MR) is 78.9 cm³/mol. The average molecular weight is 297 g/mol. The number of benzene rings is 1. The second-order valence-electron chi connectivity index (χ2n) is 5.54. The lowest BCUT2D eigenvalue weighted by Gasteiger charge is -2.41. The van der Waals surface area contributed by atoms with Gasteiger partial charge in [0.25, 0.3) is 0 Å². The van der Waals surface area contributed by atoms with E-state index < -0.39 is 10.0 Å². The predicted octanol–water partition coefficient (Wildman–Crippen LogP) is 2.35. The van der Waals surface area contributed by atoms with E-state index in [9.17, 15) is 13.5 Å². The highest BCUT2D eigenvalue weighted by Gasteiger charge is 2.39. The van der Waals surface area contributed by atoms with Gasteiger partial charge in [0, 0.05) is 5.54 Å². The van der Waals surface area contributed by atoms with Crippen molar-refractivity contribution < 1.29 is 13.5 Å². The molecule has 0 bridgehead atoms. The van der Waals surface area contributed by atoms with Gasteiger partial charge in [0.05, 0.1) is 11.5 Å². The second-order valence-corrected chi connectivity index (χ2v) is 7.22. The molecule has 2 rings (SSSR count). The Morgan fingerprint density at radius 3 is 2.40 bits per heavy atom. The summed E-state index contributed by atoms with van der Waals surface area (Å²) in [6.45, 7) is 3.87. The van der Waals surface area contributed by atoms with E-state index in [-0.39, 0.29) is 17.0 Å². The maximum atomic E-state index is 12.5. The van der Waals surface area contributed by atoms with E-state index in [1.165, 1.54) is 0 Å². The molecule has 5 heteroatoms. The van der Waals surface area contributed by atoms with Crippen LogP contribution >= 0.6 is 0 Å². The minimum absolute atomic E-state index is 0.133.